The van der Waals surface area contributed by atoms with Gasteiger partial charge in [0.05, 0.1) is 5.02 Å². The highest BCUT2D eigenvalue weighted by molar-refractivity contribution is 7.89. The Morgan fingerprint density at radius 2 is 1.68 bits per heavy atom. The summed E-state index contributed by atoms with van der Waals surface area (Å²) < 4.78 is 38.6. The number of hydrogen-bond acceptors (Lipinski definition) is 5. The zero-order chi connectivity index (χ0) is 21.8. The number of rotatable bonds is 7. The Labute approximate surface area is 185 Å². The fourth-order valence-electron chi connectivity index (χ4n) is 3.04. The second kappa shape index (κ2) is 8.97. The molecule has 4 rings (SSSR count). The van der Waals surface area contributed by atoms with Crippen LogP contribution in [0, 0.1) is 0 Å². The van der Waals surface area contributed by atoms with Gasteiger partial charge in [-0.15, -0.1) is 0 Å². The van der Waals surface area contributed by atoms with E-state index in [1.165, 1.54) is 18.2 Å². The largest absolute Gasteiger partial charge is 0.454 e. The summed E-state index contributed by atoms with van der Waals surface area (Å²) >= 11 is 6.12. The molecule has 7 nitrogen and oxygen atoms in total. The molecule has 0 fully saturated rings. The maximum atomic E-state index is 12.7. The van der Waals surface area contributed by atoms with Gasteiger partial charge in [-0.1, -0.05) is 48.0 Å². The molecule has 0 atom stereocenters. The zero-order valence-electron chi connectivity index (χ0n) is 16.3. The molecule has 1 heterocycles. The van der Waals surface area contributed by atoms with Crippen LogP contribution < -0.4 is 19.5 Å². The summed E-state index contributed by atoms with van der Waals surface area (Å²) in [6.45, 7) is 0.526. The van der Waals surface area contributed by atoms with Crippen LogP contribution in [0.2, 0.25) is 5.02 Å². The molecule has 3 aromatic rings. The van der Waals surface area contributed by atoms with Gasteiger partial charge in [0.15, 0.2) is 11.5 Å². The smallest absolute Gasteiger partial charge is 0.251 e. The molecular formula is C22H19ClN2O5S. The van der Waals surface area contributed by atoms with Crippen LogP contribution in [-0.2, 0) is 23.1 Å². The third kappa shape index (κ3) is 4.99. The minimum atomic E-state index is -3.91. The summed E-state index contributed by atoms with van der Waals surface area (Å²) in [6, 6.07) is 18.6. The molecule has 0 aromatic heterocycles. The SMILES string of the molecule is O=C(NCc1ccc2c(c1)OCO2)c1ccc(Cl)c(S(=O)(=O)NCc2ccccc2)c1. The van der Waals surface area contributed by atoms with Gasteiger partial charge in [-0.25, -0.2) is 13.1 Å². The van der Waals surface area contributed by atoms with E-state index in [2.05, 4.69) is 10.0 Å². The van der Waals surface area contributed by atoms with Gasteiger partial charge >= 0.3 is 0 Å². The number of benzene rings is 3. The van der Waals surface area contributed by atoms with Crippen LogP contribution in [0.3, 0.4) is 0 Å². The molecule has 0 saturated heterocycles. The fourth-order valence-corrected chi connectivity index (χ4v) is 4.58. The van der Waals surface area contributed by atoms with Gasteiger partial charge in [-0.05, 0) is 41.5 Å². The molecular weight excluding hydrogens is 440 g/mol. The Morgan fingerprint density at radius 3 is 2.48 bits per heavy atom. The van der Waals surface area contributed by atoms with E-state index in [-0.39, 0.29) is 35.4 Å². The van der Waals surface area contributed by atoms with E-state index in [1.807, 2.05) is 36.4 Å². The maximum Gasteiger partial charge on any atom is 0.251 e. The molecule has 0 spiro atoms. The molecule has 0 bridgehead atoms. The quantitative estimate of drug-likeness (QED) is 0.565. The Morgan fingerprint density at radius 1 is 0.903 bits per heavy atom. The molecule has 2 N–H and O–H groups in total. The van der Waals surface area contributed by atoms with Crippen molar-refractivity contribution in [3.63, 3.8) is 0 Å². The predicted octanol–water partition coefficient (Wildman–Crippen LogP) is 3.48. The van der Waals surface area contributed by atoms with Crippen LogP contribution >= 0.6 is 11.6 Å². The van der Waals surface area contributed by atoms with Gasteiger partial charge in [0.2, 0.25) is 16.8 Å². The Hall–Kier alpha value is -3.07. The third-order valence-electron chi connectivity index (χ3n) is 4.68. The summed E-state index contributed by atoms with van der Waals surface area (Å²) in [4.78, 5) is 12.4. The van der Waals surface area contributed by atoms with Gasteiger partial charge in [-0.2, -0.15) is 0 Å². The van der Waals surface area contributed by atoms with Crippen molar-refractivity contribution in [3.05, 3.63) is 88.4 Å². The molecule has 160 valence electrons. The number of halogens is 1. The molecule has 1 aliphatic rings. The van der Waals surface area contributed by atoms with E-state index < -0.39 is 15.9 Å². The van der Waals surface area contributed by atoms with Gasteiger partial charge in [-0.3, -0.25) is 4.79 Å². The number of sulfonamides is 1. The Balaban J connectivity index is 1.45. The van der Waals surface area contributed by atoms with Crippen LogP contribution in [0.25, 0.3) is 0 Å². The van der Waals surface area contributed by atoms with E-state index >= 15 is 0 Å². The lowest BCUT2D eigenvalue weighted by molar-refractivity contribution is 0.0950. The molecule has 3 aromatic carbocycles. The molecule has 0 unspecified atom stereocenters. The first-order valence-electron chi connectivity index (χ1n) is 9.42. The van der Waals surface area contributed by atoms with Crippen molar-refractivity contribution in [1.29, 1.82) is 0 Å². The second-order valence-electron chi connectivity index (χ2n) is 6.83. The topological polar surface area (TPSA) is 93.7 Å². The average Bonchev–Trinajstić information content (AvgIpc) is 3.25. The van der Waals surface area contributed by atoms with Crippen LogP contribution in [0.4, 0.5) is 0 Å². The predicted molar refractivity (Wildman–Crippen MR) is 116 cm³/mol. The highest BCUT2D eigenvalue weighted by atomic mass is 35.5. The molecule has 1 amide bonds. The molecule has 0 aliphatic carbocycles. The first-order valence-corrected chi connectivity index (χ1v) is 11.3. The first kappa shape index (κ1) is 21.2. The summed E-state index contributed by atoms with van der Waals surface area (Å²) in [5, 5.41) is 2.80. The van der Waals surface area contributed by atoms with Crippen molar-refractivity contribution in [2.24, 2.45) is 0 Å². The van der Waals surface area contributed by atoms with Crippen LogP contribution in [-0.4, -0.2) is 21.1 Å². The van der Waals surface area contributed by atoms with Gasteiger partial charge < -0.3 is 14.8 Å². The normalized spacial score (nSPS) is 12.5. The van der Waals surface area contributed by atoms with E-state index in [0.29, 0.717) is 11.5 Å². The number of fused-ring (bicyclic) bond motifs is 1. The summed E-state index contributed by atoms with van der Waals surface area (Å²) in [5.41, 5.74) is 1.81. The summed E-state index contributed by atoms with van der Waals surface area (Å²) in [7, 11) is -3.91. The monoisotopic (exact) mass is 458 g/mol. The van der Waals surface area contributed by atoms with Crippen molar-refractivity contribution >= 4 is 27.5 Å². The minimum Gasteiger partial charge on any atom is -0.454 e. The Kier molecular flexibility index (Phi) is 6.13. The number of hydrogen-bond donors (Lipinski definition) is 2. The molecule has 9 heteroatoms. The number of nitrogens with one attached hydrogen (secondary N) is 2. The van der Waals surface area contributed by atoms with Crippen molar-refractivity contribution < 1.29 is 22.7 Å². The van der Waals surface area contributed by atoms with Crippen molar-refractivity contribution in [3.8, 4) is 11.5 Å². The number of ether oxygens (including phenoxy) is 2. The minimum absolute atomic E-state index is 0.0351. The van der Waals surface area contributed by atoms with Crippen molar-refractivity contribution in [2.45, 2.75) is 18.0 Å². The molecule has 31 heavy (non-hydrogen) atoms. The van der Waals surface area contributed by atoms with Crippen LogP contribution in [0.15, 0.2) is 71.6 Å². The van der Waals surface area contributed by atoms with Gasteiger partial charge in [0, 0.05) is 18.7 Å². The standard InChI is InChI=1S/C22H19ClN2O5S/c23-18-8-7-17(11-21(18)31(27,28)25-13-15-4-2-1-3-5-15)22(26)24-12-16-6-9-19-20(10-16)30-14-29-19/h1-11,25H,12-14H2,(H,24,26). The lowest BCUT2D eigenvalue weighted by Gasteiger charge is -2.11. The van der Waals surface area contributed by atoms with E-state index in [9.17, 15) is 13.2 Å². The summed E-state index contributed by atoms with van der Waals surface area (Å²) in [6.07, 6.45) is 0. The highest BCUT2D eigenvalue weighted by Crippen LogP contribution is 2.32. The second-order valence-corrected chi connectivity index (χ2v) is 8.97. The molecule has 0 radical (unpaired) electrons. The van der Waals surface area contributed by atoms with E-state index in [1.54, 1.807) is 12.1 Å². The van der Waals surface area contributed by atoms with Crippen molar-refractivity contribution in [1.82, 2.24) is 10.0 Å². The lowest BCUT2D eigenvalue weighted by atomic mass is 10.1. The van der Waals surface area contributed by atoms with Crippen LogP contribution in [0.5, 0.6) is 11.5 Å². The first-order chi connectivity index (χ1) is 14.9. The number of carbonyl (C=O) groups is 1. The summed E-state index contributed by atoms with van der Waals surface area (Å²) in [5.74, 6) is 0.857. The molecule has 0 saturated carbocycles. The van der Waals surface area contributed by atoms with Crippen molar-refractivity contribution in [2.75, 3.05) is 6.79 Å². The maximum absolute atomic E-state index is 12.7. The lowest BCUT2D eigenvalue weighted by Crippen LogP contribution is -2.25. The van der Waals surface area contributed by atoms with Crippen LogP contribution in [0.1, 0.15) is 21.5 Å². The van der Waals surface area contributed by atoms with Gasteiger partial charge in [0.1, 0.15) is 4.90 Å². The van der Waals surface area contributed by atoms with E-state index in [0.717, 1.165) is 11.1 Å². The fraction of sp³-hybridized carbons (Fsp3) is 0.136. The Bertz CT molecular complexity index is 1220. The van der Waals surface area contributed by atoms with E-state index in [4.69, 9.17) is 21.1 Å². The zero-order valence-corrected chi connectivity index (χ0v) is 17.9. The van der Waals surface area contributed by atoms with Gasteiger partial charge in [0.25, 0.3) is 5.91 Å². The average molecular weight is 459 g/mol. The number of amides is 1. The number of carbonyl (C=O) groups excluding carboxylic acids is 1. The highest BCUT2D eigenvalue weighted by Gasteiger charge is 2.20. The molecule has 1 aliphatic heterocycles. The third-order valence-corrected chi connectivity index (χ3v) is 6.56.